The number of nitrogens with two attached hydrogens (primary N) is 1. The van der Waals surface area contributed by atoms with Gasteiger partial charge in [0.05, 0.1) is 17.8 Å². The number of nitrogens with zero attached hydrogens (tertiary/aromatic N) is 1. The summed E-state index contributed by atoms with van der Waals surface area (Å²) in [6.45, 7) is 0. The van der Waals surface area contributed by atoms with Crippen molar-refractivity contribution in [3.05, 3.63) is 18.3 Å². The zero-order valence-corrected chi connectivity index (χ0v) is 13.9. The standard InChI is InChI=1S/C12H17N3O3S.2ClH/c1-19(17,18)11-6-5-8(7-14-11)15-12(16)9-3-2-4-10(9)13;;/h5-7,9-10H,2-4,13H2,1H3,(H,15,16);2*1H. The highest BCUT2D eigenvalue weighted by Crippen LogP contribution is 2.25. The van der Waals surface area contributed by atoms with Gasteiger partial charge in [-0.3, -0.25) is 4.79 Å². The maximum absolute atomic E-state index is 12.0. The Morgan fingerprint density at radius 2 is 2.00 bits per heavy atom. The number of amides is 1. The molecule has 3 N–H and O–H groups in total. The molecule has 1 aromatic heterocycles. The van der Waals surface area contributed by atoms with E-state index in [1.165, 1.54) is 18.3 Å². The molecule has 120 valence electrons. The van der Waals surface area contributed by atoms with Crippen molar-refractivity contribution in [3.8, 4) is 0 Å². The fourth-order valence-corrected chi connectivity index (χ4v) is 2.78. The number of anilines is 1. The fourth-order valence-electron chi connectivity index (χ4n) is 2.22. The molecule has 2 rings (SSSR count). The number of rotatable bonds is 3. The van der Waals surface area contributed by atoms with Crippen molar-refractivity contribution in [2.45, 2.75) is 30.3 Å². The number of aromatic nitrogens is 1. The third kappa shape index (κ3) is 5.10. The number of hydrogen-bond acceptors (Lipinski definition) is 5. The van der Waals surface area contributed by atoms with E-state index in [1.54, 1.807) is 0 Å². The predicted octanol–water partition coefficient (Wildman–Crippen LogP) is 1.39. The number of sulfone groups is 1. The van der Waals surface area contributed by atoms with E-state index in [-0.39, 0.29) is 47.7 Å². The molecule has 1 saturated carbocycles. The van der Waals surface area contributed by atoms with Crippen molar-refractivity contribution >= 4 is 46.2 Å². The lowest BCUT2D eigenvalue weighted by atomic mass is 10.0. The van der Waals surface area contributed by atoms with Crippen LogP contribution in [0.25, 0.3) is 0 Å². The maximum Gasteiger partial charge on any atom is 0.229 e. The van der Waals surface area contributed by atoms with Crippen LogP contribution >= 0.6 is 24.8 Å². The van der Waals surface area contributed by atoms with Gasteiger partial charge < -0.3 is 11.1 Å². The van der Waals surface area contributed by atoms with Gasteiger partial charge in [0.2, 0.25) is 5.91 Å². The summed E-state index contributed by atoms with van der Waals surface area (Å²) in [4.78, 5) is 15.8. The second kappa shape index (κ2) is 7.93. The van der Waals surface area contributed by atoms with Gasteiger partial charge in [-0.2, -0.15) is 0 Å². The molecule has 0 radical (unpaired) electrons. The molecule has 1 amide bonds. The van der Waals surface area contributed by atoms with E-state index in [2.05, 4.69) is 10.3 Å². The molecule has 9 heteroatoms. The molecule has 0 saturated heterocycles. The molecule has 0 aromatic carbocycles. The molecule has 1 aromatic rings. The lowest BCUT2D eigenvalue weighted by Crippen LogP contribution is -2.34. The second-order valence-electron chi connectivity index (χ2n) is 4.85. The van der Waals surface area contributed by atoms with Crippen LogP contribution in [0.2, 0.25) is 0 Å². The SMILES string of the molecule is CS(=O)(=O)c1ccc(NC(=O)C2CCCC2N)cn1.Cl.Cl. The molecule has 1 heterocycles. The van der Waals surface area contributed by atoms with Crippen molar-refractivity contribution in [2.24, 2.45) is 11.7 Å². The van der Waals surface area contributed by atoms with Crippen molar-refractivity contribution in [3.63, 3.8) is 0 Å². The highest BCUT2D eigenvalue weighted by molar-refractivity contribution is 7.90. The van der Waals surface area contributed by atoms with Gasteiger partial charge in [-0.25, -0.2) is 13.4 Å². The molecule has 0 spiro atoms. The first-order valence-corrected chi connectivity index (χ1v) is 7.99. The van der Waals surface area contributed by atoms with Crippen molar-refractivity contribution in [1.29, 1.82) is 0 Å². The number of carbonyl (C=O) groups is 1. The summed E-state index contributed by atoms with van der Waals surface area (Å²) in [6.07, 6.45) is 5.05. The molecular formula is C12H19Cl2N3O3S. The van der Waals surface area contributed by atoms with Crippen LogP contribution in [0, 0.1) is 5.92 Å². The van der Waals surface area contributed by atoms with Crippen LogP contribution in [0.15, 0.2) is 23.4 Å². The lowest BCUT2D eigenvalue weighted by Gasteiger charge is -2.14. The van der Waals surface area contributed by atoms with Crippen molar-refractivity contribution < 1.29 is 13.2 Å². The minimum Gasteiger partial charge on any atom is -0.327 e. The number of halogens is 2. The fraction of sp³-hybridized carbons (Fsp3) is 0.500. The second-order valence-corrected chi connectivity index (χ2v) is 6.81. The zero-order chi connectivity index (χ0) is 14.0. The Morgan fingerprint density at radius 3 is 2.43 bits per heavy atom. The largest absolute Gasteiger partial charge is 0.327 e. The van der Waals surface area contributed by atoms with Crippen molar-refractivity contribution in [1.82, 2.24) is 4.98 Å². The van der Waals surface area contributed by atoms with Gasteiger partial charge >= 0.3 is 0 Å². The first kappa shape index (κ1) is 20.1. The smallest absolute Gasteiger partial charge is 0.229 e. The third-order valence-corrected chi connectivity index (χ3v) is 4.29. The van der Waals surface area contributed by atoms with Crippen LogP contribution in [-0.4, -0.2) is 31.6 Å². The Balaban J connectivity index is 0.00000200. The van der Waals surface area contributed by atoms with E-state index < -0.39 is 9.84 Å². The van der Waals surface area contributed by atoms with Crippen LogP contribution < -0.4 is 11.1 Å². The monoisotopic (exact) mass is 355 g/mol. The number of nitrogens with one attached hydrogen (secondary N) is 1. The molecule has 2 atom stereocenters. The van der Waals surface area contributed by atoms with Crippen LogP contribution in [0.1, 0.15) is 19.3 Å². The quantitative estimate of drug-likeness (QED) is 0.852. The molecule has 0 bridgehead atoms. The summed E-state index contributed by atoms with van der Waals surface area (Å²) in [5.74, 6) is -0.298. The minimum atomic E-state index is -3.32. The minimum absolute atomic E-state index is 0. The average molecular weight is 356 g/mol. The van der Waals surface area contributed by atoms with E-state index in [0.29, 0.717) is 5.69 Å². The normalized spacial score (nSPS) is 21.0. The van der Waals surface area contributed by atoms with Gasteiger partial charge in [0, 0.05) is 12.3 Å². The lowest BCUT2D eigenvalue weighted by molar-refractivity contribution is -0.120. The van der Waals surface area contributed by atoms with Gasteiger partial charge in [0.15, 0.2) is 14.9 Å². The third-order valence-electron chi connectivity index (χ3n) is 3.29. The van der Waals surface area contributed by atoms with E-state index in [0.717, 1.165) is 25.5 Å². The van der Waals surface area contributed by atoms with Gasteiger partial charge in [0.1, 0.15) is 0 Å². The van der Waals surface area contributed by atoms with E-state index in [1.807, 2.05) is 0 Å². The van der Waals surface area contributed by atoms with Crippen LogP contribution in [-0.2, 0) is 14.6 Å². The Hall–Kier alpha value is -0.890. The summed E-state index contributed by atoms with van der Waals surface area (Å²) in [5, 5.41) is 2.71. The Morgan fingerprint density at radius 1 is 1.33 bits per heavy atom. The van der Waals surface area contributed by atoms with E-state index >= 15 is 0 Å². The van der Waals surface area contributed by atoms with Gasteiger partial charge in [0.25, 0.3) is 0 Å². The van der Waals surface area contributed by atoms with Gasteiger partial charge in [-0.15, -0.1) is 24.8 Å². The first-order valence-electron chi connectivity index (χ1n) is 6.10. The summed E-state index contributed by atoms with van der Waals surface area (Å²) in [5.41, 5.74) is 6.34. The topological polar surface area (TPSA) is 102 Å². The summed E-state index contributed by atoms with van der Waals surface area (Å²) in [6, 6.07) is 2.81. The van der Waals surface area contributed by atoms with Crippen LogP contribution in [0.5, 0.6) is 0 Å². The molecule has 1 aliphatic carbocycles. The summed E-state index contributed by atoms with van der Waals surface area (Å²) < 4.78 is 22.5. The van der Waals surface area contributed by atoms with Crippen LogP contribution in [0.4, 0.5) is 5.69 Å². The first-order chi connectivity index (χ1) is 8.88. The zero-order valence-electron chi connectivity index (χ0n) is 11.5. The molecule has 1 fully saturated rings. The van der Waals surface area contributed by atoms with Gasteiger partial charge in [-0.1, -0.05) is 6.42 Å². The molecule has 2 unspecified atom stereocenters. The highest BCUT2D eigenvalue weighted by atomic mass is 35.5. The van der Waals surface area contributed by atoms with E-state index in [9.17, 15) is 13.2 Å². The molecule has 0 aliphatic heterocycles. The van der Waals surface area contributed by atoms with Crippen molar-refractivity contribution in [2.75, 3.05) is 11.6 Å². The number of carbonyl (C=O) groups excluding carboxylic acids is 1. The number of pyridine rings is 1. The molecule has 1 aliphatic rings. The van der Waals surface area contributed by atoms with Gasteiger partial charge in [-0.05, 0) is 25.0 Å². The van der Waals surface area contributed by atoms with E-state index in [4.69, 9.17) is 5.73 Å². The Bertz CT molecular complexity index is 578. The summed E-state index contributed by atoms with van der Waals surface area (Å²) in [7, 11) is -3.32. The summed E-state index contributed by atoms with van der Waals surface area (Å²) >= 11 is 0. The number of hydrogen-bond donors (Lipinski definition) is 2. The molecule has 21 heavy (non-hydrogen) atoms. The molecule has 6 nitrogen and oxygen atoms in total. The highest BCUT2D eigenvalue weighted by Gasteiger charge is 2.30. The van der Waals surface area contributed by atoms with Crippen LogP contribution in [0.3, 0.4) is 0 Å². The predicted molar refractivity (Wildman–Crippen MR) is 85.8 cm³/mol. The Kier molecular flexibility index (Phi) is 7.60. The maximum atomic E-state index is 12.0. The average Bonchev–Trinajstić information content (AvgIpc) is 2.75. The molecular weight excluding hydrogens is 337 g/mol. The Labute approximate surface area is 136 Å².